The van der Waals surface area contributed by atoms with Crippen LogP contribution in [0.1, 0.15) is 25.8 Å². The SMILES string of the molecule is Cc1ccc(N2CCC(N)C(C)C2C)c(Br)c1. The number of benzene rings is 1. The van der Waals surface area contributed by atoms with Gasteiger partial charge in [0.2, 0.25) is 0 Å². The molecule has 1 saturated heterocycles. The fourth-order valence-corrected chi connectivity index (χ4v) is 3.30. The Morgan fingerprint density at radius 1 is 1.35 bits per heavy atom. The van der Waals surface area contributed by atoms with Gasteiger partial charge in [-0.25, -0.2) is 0 Å². The van der Waals surface area contributed by atoms with Gasteiger partial charge in [0.05, 0.1) is 5.69 Å². The van der Waals surface area contributed by atoms with E-state index < -0.39 is 0 Å². The van der Waals surface area contributed by atoms with Gasteiger partial charge in [0.25, 0.3) is 0 Å². The monoisotopic (exact) mass is 296 g/mol. The van der Waals surface area contributed by atoms with Crippen molar-refractivity contribution in [3.05, 3.63) is 28.2 Å². The number of nitrogens with zero attached hydrogens (tertiary/aromatic N) is 1. The number of nitrogens with two attached hydrogens (primary N) is 1. The second-order valence-electron chi connectivity index (χ2n) is 5.20. The van der Waals surface area contributed by atoms with E-state index in [2.05, 4.69) is 59.8 Å². The number of hydrogen-bond donors (Lipinski definition) is 1. The molecule has 0 amide bonds. The largest absolute Gasteiger partial charge is 0.368 e. The van der Waals surface area contributed by atoms with Crippen LogP contribution < -0.4 is 10.6 Å². The molecule has 1 fully saturated rings. The van der Waals surface area contributed by atoms with E-state index in [1.54, 1.807) is 0 Å². The fourth-order valence-electron chi connectivity index (χ4n) is 2.58. The highest BCUT2D eigenvalue weighted by Crippen LogP contribution is 2.33. The van der Waals surface area contributed by atoms with Gasteiger partial charge in [0, 0.05) is 23.1 Å². The Bertz CT molecular complexity index is 405. The summed E-state index contributed by atoms with van der Waals surface area (Å²) < 4.78 is 1.19. The highest BCUT2D eigenvalue weighted by Gasteiger charge is 2.30. The van der Waals surface area contributed by atoms with Gasteiger partial charge in [0.15, 0.2) is 0 Å². The maximum atomic E-state index is 6.13. The van der Waals surface area contributed by atoms with Crippen LogP contribution in [0.3, 0.4) is 0 Å². The summed E-state index contributed by atoms with van der Waals surface area (Å²) >= 11 is 3.67. The molecule has 0 aliphatic carbocycles. The van der Waals surface area contributed by atoms with Gasteiger partial charge in [-0.2, -0.15) is 0 Å². The van der Waals surface area contributed by atoms with Crippen LogP contribution in [0.5, 0.6) is 0 Å². The standard InChI is InChI=1S/C14H21BrN2/c1-9-4-5-14(12(15)8-9)17-7-6-13(16)10(2)11(17)3/h4-5,8,10-11,13H,6-7,16H2,1-3H3. The number of halogens is 1. The Morgan fingerprint density at radius 3 is 2.71 bits per heavy atom. The third-order valence-electron chi connectivity index (χ3n) is 4.04. The van der Waals surface area contributed by atoms with Gasteiger partial charge in [-0.1, -0.05) is 13.0 Å². The summed E-state index contributed by atoms with van der Waals surface area (Å²) in [5.74, 6) is 0.539. The van der Waals surface area contributed by atoms with Crippen molar-refractivity contribution in [2.75, 3.05) is 11.4 Å². The summed E-state index contributed by atoms with van der Waals surface area (Å²) in [6.45, 7) is 7.70. The Kier molecular flexibility index (Phi) is 3.79. The molecular weight excluding hydrogens is 276 g/mol. The summed E-state index contributed by atoms with van der Waals surface area (Å²) in [5.41, 5.74) is 8.71. The third kappa shape index (κ3) is 2.50. The van der Waals surface area contributed by atoms with Crippen LogP contribution in [0.15, 0.2) is 22.7 Å². The summed E-state index contributed by atoms with van der Waals surface area (Å²) in [6, 6.07) is 7.40. The first-order chi connectivity index (χ1) is 8.00. The molecule has 2 nitrogen and oxygen atoms in total. The molecule has 0 radical (unpaired) electrons. The molecule has 3 heteroatoms. The molecule has 0 aromatic heterocycles. The van der Waals surface area contributed by atoms with Crippen LogP contribution in [-0.2, 0) is 0 Å². The topological polar surface area (TPSA) is 29.3 Å². The Morgan fingerprint density at radius 2 is 2.06 bits per heavy atom. The van der Waals surface area contributed by atoms with Gasteiger partial charge in [0.1, 0.15) is 0 Å². The minimum absolute atomic E-state index is 0.338. The lowest BCUT2D eigenvalue weighted by Gasteiger charge is -2.43. The van der Waals surface area contributed by atoms with E-state index in [1.165, 1.54) is 15.7 Å². The van der Waals surface area contributed by atoms with Gasteiger partial charge >= 0.3 is 0 Å². The lowest BCUT2D eigenvalue weighted by Crippen LogP contribution is -2.52. The van der Waals surface area contributed by atoms with Gasteiger partial charge in [-0.05, 0) is 59.8 Å². The molecule has 0 saturated carbocycles. The zero-order valence-electron chi connectivity index (χ0n) is 10.8. The molecule has 1 aromatic rings. The summed E-state index contributed by atoms with van der Waals surface area (Å²) in [6.07, 6.45) is 1.08. The van der Waals surface area contributed by atoms with Crippen LogP contribution in [-0.4, -0.2) is 18.6 Å². The van der Waals surface area contributed by atoms with Gasteiger partial charge in [-0.15, -0.1) is 0 Å². The zero-order chi connectivity index (χ0) is 12.6. The van der Waals surface area contributed by atoms with Crippen molar-refractivity contribution in [1.82, 2.24) is 0 Å². The van der Waals surface area contributed by atoms with E-state index in [1.807, 2.05) is 0 Å². The maximum Gasteiger partial charge on any atom is 0.0513 e. The minimum Gasteiger partial charge on any atom is -0.368 e. The normalized spacial score (nSPS) is 29.5. The average Bonchev–Trinajstić information content (AvgIpc) is 2.28. The average molecular weight is 297 g/mol. The smallest absolute Gasteiger partial charge is 0.0513 e. The van der Waals surface area contributed by atoms with Crippen molar-refractivity contribution in [3.63, 3.8) is 0 Å². The molecule has 3 unspecified atom stereocenters. The molecule has 1 aromatic carbocycles. The number of anilines is 1. The minimum atomic E-state index is 0.338. The quantitative estimate of drug-likeness (QED) is 0.861. The molecule has 1 aliphatic rings. The molecule has 94 valence electrons. The third-order valence-corrected chi connectivity index (χ3v) is 4.68. The van der Waals surface area contributed by atoms with Gasteiger partial charge in [-0.3, -0.25) is 0 Å². The second kappa shape index (κ2) is 4.99. The first kappa shape index (κ1) is 12.9. The Labute approximate surface area is 112 Å². The van der Waals surface area contributed by atoms with Crippen molar-refractivity contribution in [2.24, 2.45) is 11.7 Å². The molecule has 17 heavy (non-hydrogen) atoms. The lowest BCUT2D eigenvalue weighted by molar-refractivity contribution is 0.315. The van der Waals surface area contributed by atoms with E-state index in [0.717, 1.165) is 13.0 Å². The van der Waals surface area contributed by atoms with Crippen LogP contribution in [0.25, 0.3) is 0 Å². The summed E-state index contributed by atoms with van der Waals surface area (Å²) in [5, 5.41) is 0. The molecule has 1 aliphatic heterocycles. The van der Waals surface area contributed by atoms with E-state index in [4.69, 9.17) is 5.73 Å². The molecule has 2 rings (SSSR count). The van der Waals surface area contributed by atoms with Crippen molar-refractivity contribution < 1.29 is 0 Å². The highest BCUT2D eigenvalue weighted by atomic mass is 79.9. The van der Waals surface area contributed by atoms with Gasteiger partial charge < -0.3 is 10.6 Å². The van der Waals surface area contributed by atoms with Crippen LogP contribution in [0.2, 0.25) is 0 Å². The number of hydrogen-bond acceptors (Lipinski definition) is 2. The summed E-state index contributed by atoms with van der Waals surface area (Å²) in [7, 11) is 0. The molecular formula is C14H21BrN2. The molecule has 2 N–H and O–H groups in total. The predicted octanol–water partition coefficient (Wildman–Crippen LogP) is 3.32. The summed E-state index contributed by atoms with van der Waals surface area (Å²) in [4.78, 5) is 2.47. The Hall–Kier alpha value is -0.540. The van der Waals surface area contributed by atoms with E-state index >= 15 is 0 Å². The second-order valence-corrected chi connectivity index (χ2v) is 6.05. The first-order valence-electron chi connectivity index (χ1n) is 6.29. The van der Waals surface area contributed by atoms with Crippen molar-refractivity contribution in [3.8, 4) is 0 Å². The van der Waals surface area contributed by atoms with E-state index in [0.29, 0.717) is 18.0 Å². The fraction of sp³-hybridized carbons (Fsp3) is 0.571. The van der Waals surface area contributed by atoms with E-state index in [9.17, 15) is 0 Å². The maximum absolute atomic E-state index is 6.13. The van der Waals surface area contributed by atoms with Crippen LogP contribution in [0, 0.1) is 12.8 Å². The Balaban J connectivity index is 2.28. The zero-order valence-corrected chi connectivity index (χ0v) is 12.4. The van der Waals surface area contributed by atoms with Crippen molar-refractivity contribution >= 4 is 21.6 Å². The highest BCUT2D eigenvalue weighted by molar-refractivity contribution is 9.10. The molecule has 3 atom stereocenters. The first-order valence-corrected chi connectivity index (χ1v) is 7.08. The number of rotatable bonds is 1. The molecule has 0 bridgehead atoms. The molecule has 0 spiro atoms. The number of aryl methyl sites for hydroxylation is 1. The number of piperidine rings is 1. The molecule has 1 heterocycles. The van der Waals surface area contributed by atoms with Crippen molar-refractivity contribution in [1.29, 1.82) is 0 Å². The van der Waals surface area contributed by atoms with E-state index in [-0.39, 0.29) is 0 Å². The van der Waals surface area contributed by atoms with Crippen LogP contribution in [0.4, 0.5) is 5.69 Å². The lowest BCUT2D eigenvalue weighted by atomic mass is 9.87. The van der Waals surface area contributed by atoms with Crippen molar-refractivity contribution in [2.45, 2.75) is 39.3 Å². The predicted molar refractivity (Wildman–Crippen MR) is 77.4 cm³/mol. The van der Waals surface area contributed by atoms with Crippen LogP contribution >= 0.6 is 15.9 Å².